The van der Waals surface area contributed by atoms with Gasteiger partial charge < -0.3 is 5.32 Å². The van der Waals surface area contributed by atoms with Crippen molar-refractivity contribution in [3.63, 3.8) is 0 Å². The third kappa shape index (κ3) is 4.12. The van der Waals surface area contributed by atoms with Crippen LogP contribution in [0.15, 0.2) is 65.7 Å². The third-order valence-corrected chi connectivity index (χ3v) is 7.19. The number of benzene rings is 2. The highest BCUT2D eigenvalue weighted by molar-refractivity contribution is 7.89. The molecule has 1 aromatic heterocycles. The minimum absolute atomic E-state index is 0.137. The summed E-state index contributed by atoms with van der Waals surface area (Å²) < 4.78 is 28.0. The lowest BCUT2D eigenvalue weighted by atomic mass is 9.99. The van der Waals surface area contributed by atoms with Crippen LogP contribution in [0.3, 0.4) is 0 Å². The molecule has 0 bridgehead atoms. The Morgan fingerprint density at radius 1 is 1.14 bits per heavy atom. The summed E-state index contributed by atoms with van der Waals surface area (Å²) in [5.74, 6) is -0.636. The molecule has 2 aromatic carbocycles. The van der Waals surface area contributed by atoms with Crippen molar-refractivity contribution < 1.29 is 13.2 Å². The van der Waals surface area contributed by atoms with Crippen molar-refractivity contribution in [2.75, 3.05) is 18.4 Å². The Hall–Kier alpha value is -2.48. The van der Waals surface area contributed by atoms with Crippen LogP contribution in [0, 0.1) is 5.92 Å². The minimum Gasteiger partial charge on any atom is -0.326 e. The van der Waals surface area contributed by atoms with Crippen molar-refractivity contribution in [1.82, 2.24) is 9.29 Å². The average Bonchev–Trinajstić information content (AvgIpc) is 2.73. The number of halogens is 1. The number of amides is 1. The molecule has 29 heavy (non-hydrogen) atoms. The van der Waals surface area contributed by atoms with Crippen molar-refractivity contribution >= 4 is 44.1 Å². The number of anilines is 1. The van der Waals surface area contributed by atoms with E-state index in [0.29, 0.717) is 35.6 Å². The zero-order valence-electron chi connectivity index (χ0n) is 15.6. The summed E-state index contributed by atoms with van der Waals surface area (Å²) in [6, 6.07) is 15.6. The molecule has 1 aliphatic heterocycles. The maximum atomic E-state index is 13.3. The molecule has 0 saturated carbocycles. The quantitative estimate of drug-likeness (QED) is 0.681. The van der Waals surface area contributed by atoms with Crippen LogP contribution in [0.1, 0.15) is 12.8 Å². The van der Waals surface area contributed by atoms with E-state index in [1.807, 2.05) is 12.1 Å². The van der Waals surface area contributed by atoms with Crippen molar-refractivity contribution in [2.45, 2.75) is 17.7 Å². The molecule has 1 amide bonds. The summed E-state index contributed by atoms with van der Waals surface area (Å²) in [5.41, 5.74) is 1.04. The van der Waals surface area contributed by atoms with Crippen molar-refractivity contribution in [2.24, 2.45) is 5.92 Å². The zero-order valence-corrected chi connectivity index (χ0v) is 17.2. The number of nitrogens with zero attached hydrogens (tertiary/aromatic N) is 2. The van der Waals surface area contributed by atoms with Gasteiger partial charge in [0.05, 0.1) is 11.4 Å². The van der Waals surface area contributed by atoms with Gasteiger partial charge in [-0.1, -0.05) is 35.9 Å². The number of pyridine rings is 1. The van der Waals surface area contributed by atoms with Gasteiger partial charge in [0.15, 0.2) is 0 Å². The van der Waals surface area contributed by atoms with Gasteiger partial charge in [0.2, 0.25) is 15.9 Å². The van der Waals surface area contributed by atoms with E-state index < -0.39 is 15.9 Å². The van der Waals surface area contributed by atoms with Gasteiger partial charge in [0.1, 0.15) is 4.90 Å². The highest BCUT2D eigenvalue weighted by Crippen LogP contribution is 2.28. The smallest absolute Gasteiger partial charge is 0.245 e. The third-order valence-electron chi connectivity index (χ3n) is 5.06. The van der Waals surface area contributed by atoms with Gasteiger partial charge in [-0.15, -0.1) is 0 Å². The molecule has 2 heterocycles. The fraction of sp³-hybridized carbons (Fsp3) is 0.238. The fourth-order valence-corrected chi connectivity index (χ4v) is 5.49. The molecular formula is C21H20ClN3O3S. The molecule has 6 nitrogen and oxygen atoms in total. The summed E-state index contributed by atoms with van der Waals surface area (Å²) in [5, 5.41) is 4.13. The molecule has 0 spiro atoms. The second-order valence-corrected chi connectivity index (χ2v) is 9.38. The molecule has 1 aliphatic rings. The summed E-state index contributed by atoms with van der Waals surface area (Å²) in [7, 11) is -3.76. The lowest BCUT2D eigenvalue weighted by Crippen LogP contribution is -2.43. The largest absolute Gasteiger partial charge is 0.326 e. The molecule has 1 unspecified atom stereocenters. The van der Waals surface area contributed by atoms with Gasteiger partial charge in [0, 0.05) is 35.4 Å². The predicted octanol–water partition coefficient (Wildman–Crippen LogP) is 3.93. The number of carbonyl (C=O) groups is 1. The van der Waals surface area contributed by atoms with E-state index in [0.717, 1.165) is 5.39 Å². The first-order chi connectivity index (χ1) is 13.9. The first-order valence-corrected chi connectivity index (χ1v) is 11.2. The molecule has 0 aliphatic carbocycles. The first kappa shape index (κ1) is 19.8. The lowest BCUT2D eigenvalue weighted by molar-refractivity contribution is -0.120. The molecule has 1 atom stereocenters. The van der Waals surface area contributed by atoms with Crippen LogP contribution >= 0.6 is 11.6 Å². The van der Waals surface area contributed by atoms with E-state index in [-0.39, 0.29) is 17.3 Å². The number of aromatic nitrogens is 1. The zero-order chi connectivity index (χ0) is 20.4. The monoisotopic (exact) mass is 429 g/mol. The average molecular weight is 430 g/mol. The number of hydrogen-bond donors (Lipinski definition) is 1. The van der Waals surface area contributed by atoms with Gasteiger partial charge in [-0.3, -0.25) is 9.78 Å². The number of nitrogens with one attached hydrogen (secondary N) is 1. The number of carbonyl (C=O) groups excluding carboxylic acids is 1. The molecule has 8 heteroatoms. The number of sulfonamides is 1. The Bertz CT molecular complexity index is 1160. The van der Waals surface area contributed by atoms with E-state index in [2.05, 4.69) is 10.3 Å². The molecule has 0 radical (unpaired) electrons. The summed E-state index contributed by atoms with van der Waals surface area (Å²) in [4.78, 5) is 17.1. The van der Waals surface area contributed by atoms with E-state index in [4.69, 9.17) is 11.6 Å². The van der Waals surface area contributed by atoms with Crippen molar-refractivity contribution in [1.29, 1.82) is 0 Å². The second-order valence-electron chi connectivity index (χ2n) is 7.03. The van der Waals surface area contributed by atoms with Gasteiger partial charge in [0.25, 0.3) is 0 Å². The fourth-order valence-electron chi connectivity index (χ4n) is 3.61. The summed E-state index contributed by atoms with van der Waals surface area (Å²) in [6.45, 7) is 0.518. The van der Waals surface area contributed by atoms with E-state index in [1.165, 1.54) is 4.31 Å². The van der Waals surface area contributed by atoms with E-state index in [1.54, 1.807) is 48.7 Å². The highest BCUT2D eigenvalue weighted by Gasteiger charge is 2.34. The van der Waals surface area contributed by atoms with Crippen LogP contribution in [-0.2, 0) is 14.8 Å². The number of para-hydroxylation sites is 1. The molecule has 4 rings (SSSR count). The van der Waals surface area contributed by atoms with Crippen LogP contribution in [0.5, 0.6) is 0 Å². The van der Waals surface area contributed by atoms with E-state index in [9.17, 15) is 13.2 Å². The van der Waals surface area contributed by atoms with Gasteiger partial charge in [-0.2, -0.15) is 4.31 Å². The van der Waals surface area contributed by atoms with E-state index >= 15 is 0 Å². The number of fused-ring (bicyclic) bond motifs is 1. The molecule has 1 saturated heterocycles. The maximum absolute atomic E-state index is 13.3. The summed E-state index contributed by atoms with van der Waals surface area (Å²) in [6.07, 6.45) is 2.83. The highest BCUT2D eigenvalue weighted by atomic mass is 35.5. The van der Waals surface area contributed by atoms with Gasteiger partial charge in [-0.05, 0) is 43.2 Å². The number of hydrogen-bond acceptors (Lipinski definition) is 4. The lowest BCUT2D eigenvalue weighted by Gasteiger charge is -2.31. The molecule has 3 aromatic rings. The second kappa shape index (κ2) is 8.10. The molecule has 1 N–H and O–H groups in total. The normalized spacial score (nSPS) is 17.9. The van der Waals surface area contributed by atoms with Crippen LogP contribution < -0.4 is 5.32 Å². The van der Waals surface area contributed by atoms with Crippen LogP contribution in [-0.4, -0.2) is 36.7 Å². The minimum atomic E-state index is -3.76. The van der Waals surface area contributed by atoms with Gasteiger partial charge >= 0.3 is 0 Å². The van der Waals surface area contributed by atoms with Crippen LogP contribution in [0.4, 0.5) is 5.69 Å². The van der Waals surface area contributed by atoms with Crippen molar-refractivity contribution in [3.05, 3.63) is 65.8 Å². The maximum Gasteiger partial charge on any atom is 0.245 e. The SMILES string of the molecule is O=C(Nc1cccc(Cl)c1)C1CCCN(S(=O)(=O)c2cccc3cccnc23)C1. The Balaban J connectivity index is 1.56. The Kier molecular flexibility index (Phi) is 5.54. The van der Waals surface area contributed by atoms with Gasteiger partial charge in [-0.25, -0.2) is 8.42 Å². The Morgan fingerprint density at radius 3 is 2.76 bits per heavy atom. The van der Waals surface area contributed by atoms with Crippen molar-refractivity contribution in [3.8, 4) is 0 Å². The predicted molar refractivity (Wildman–Crippen MR) is 113 cm³/mol. The van der Waals surface area contributed by atoms with Crippen LogP contribution in [0.2, 0.25) is 5.02 Å². The van der Waals surface area contributed by atoms with Crippen LogP contribution in [0.25, 0.3) is 10.9 Å². The Morgan fingerprint density at radius 2 is 1.93 bits per heavy atom. The molecule has 1 fully saturated rings. The standard InChI is InChI=1S/C21H20ClN3O3S/c22-17-8-2-9-18(13-17)24-21(26)16-7-4-12-25(14-16)29(27,28)19-10-1-5-15-6-3-11-23-20(15)19/h1-3,5-6,8-11,13,16H,4,7,12,14H2,(H,24,26). The number of piperidine rings is 1. The Labute approximate surface area is 174 Å². The summed E-state index contributed by atoms with van der Waals surface area (Å²) >= 11 is 5.97. The molecular weight excluding hydrogens is 410 g/mol. The number of rotatable bonds is 4. The topological polar surface area (TPSA) is 79.4 Å². The molecule has 150 valence electrons. The first-order valence-electron chi connectivity index (χ1n) is 9.35.